The summed E-state index contributed by atoms with van der Waals surface area (Å²) in [5, 5.41) is 9.93. The number of likely N-dealkylation sites (tertiary alicyclic amines) is 1. The molecule has 2 aromatic rings. The highest BCUT2D eigenvalue weighted by atomic mass is 19.4. The molecule has 2 saturated carbocycles. The van der Waals surface area contributed by atoms with Gasteiger partial charge >= 0.3 is 6.18 Å². The van der Waals surface area contributed by atoms with Crippen LogP contribution in [0.4, 0.5) is 17.6 Å². The molecule has 5 fully saturated rings. The first-order chi connectivity index (χ1) is 17.1. The van der Waals surface area contributed by atoms with E-state index in [9.17, 15) is 17.6 Å². The summed E-state index contributed by atoms with van der Waals surface area (Å²) in [6.07, 6.45) is 0.748. The molecule has 0 bridgehead atoms. The van der Waals surface area contributed by atoms with Gasteiger partial charge in [0.1, 0.15) is 11.6 Å². The van der Waals surface area contributed by atoms with E-state index in [-0.39, 0.29) is 0 Å². The Morgan fingerprint density at radius 3 is 2.28 bits per heavy atom. The standard InChI is InChI=1S/C13H14F4N2.C12H20N4O/c14-11-3-10(13(15,16)17)2-1-9(11)4-19-7-12(8-19)5-18-6-12;1-14-11(9-3-4-9)13-16(14)10-5-12(6-10)7-15(8-12)17-2/h1-3,18H,4-8H2;9-10H,3-8H2,1-2H3. The number of nitrogens with one attached hydrogen (secondary N) is 1. The fourth-order valence-electron chi connectivity index (χ4n) is 6.32. The Balaban J connectivity index is 0.000000134. The average Bonchev–Trinajstić information content (AvgIpc) is 3.53. The summed E-state index contributed by atoms with van der Waals surface area (Å²) in [5.74, 6) is 1.32. The Bertz CT molecular complexity index is 1100. The SMILES string of the molecule is CON1CC2(CC(n3nc(C4CC4)n3C)C2)C1.Fc1cc(C(F)(F)F)ccc1CN1CC2(CNC2)C1. The molecule has 0 amide bonds. The molecule has 1 aromatic carbocycles. The van der Waals surface area contributed by atoms with E-state index >= 15 is 0 Å². The van der Waals surface area contributed by atoms with Crippen LogP contribution in [0.3, 0.4) is 0 Å². The molecule has 1 aromatic heterocycles. The monoisotopic (exact) mass is 510 g/mol. The Kier molecular flexibility index (Phi) is 5.79. The summed E-state index contributed by atoms with van der Waals surface area (Å²) in [7, 11) is 3.92. The van der Waals surface area contributed by atoms with Gasteiger partial charge < -0.3 is 10.2 Å². The van der Waals surface area contributed by atoms with Crippen molar-refractivity contribution in [3.05, 3.63) is 41.0 Å². The molecule has 0 atom stereocenters. The number of hydrogen-bond acceptors (Lipinski definition) is 5. The Morgan fingerprint density at radius 2 is 1.78 bits per heavy atom. The highest BCUT2D eigenvalue weighted by molar-refractivity contribution is 5.27. The van der Waals surface area contributed by atoms with Gasteiger partial charge in [0.2, 0.25) is 0 Å². The van der Waals surface area contributed by atoms with Crippen molar-refractivity contribution in [2.24, 2.45) is 17.9 Å². The van der Waals surface area contributed by atoms with E-state index in [0.717, 1.165) is 51.3 Å². The molecule has 1 N–H and O–H groups in total. The van der Waals surface area contributed by atoms with E-state index in [2.05, 4.69) is 36.9 Å². The number of alkyl halides is 3. The fourth-order valence-corrected chi connectivity index (χ4v) is 6.32. The Labute approximate surface area is 208 Å². The predicted molar refractivity (Wildman–Crippen MR) is 124 cm³/mol. The molecular formula is C25H34F4N6O. The molecule has 11 heteroatoms. The molecule has 2 spiro atoms. The van der Waals surface area contributed by atoms with Crippen LogP contribution < -0.4 is 5.32 Å². The number of nitrogens with zero attached hydrogens (tertiary/aromatic N) is 5. The van der Waals surface area contributed by atoms with Crippen LogP contribution in [0, 0.1) is 16.6 Å². The summed E-state index contributed by atoms with van der Waals surface area (Å²) >= 11 is 0. The van der Waals surface area contributed by atoms with Crippen LogP contribution in [-0.4, -0.2) is 70.9 Å². The maximum atomic E-state index is 13.7. The molecule has 198 valence electrons. The molecule has 0 unspecified atom stereocenters. The van der Waals surface area contributed by atoms with Crippen LogP contribution in [0.25, 0.3) is 0 Å². The van der Waals surface area contributed by atoms with Crippen LogP contribution >= 0.6 is 0 Å². The number of halogens is 4. The maximum Gasteiger partial charge on any atom is 0.416 e. The average molecular weight is 511 g/mol. The van der Waals surface area contributed by atoms with Crippen molar-refractivity contribution in [2.75, 3.05) is 46.4 Å². The molecular weight excluding hydrogens is 476 g/mol. The molecule has 0 radical (unpaired) electrons. The molecule has 7 rings (SSSR count). The molecule has 3 aliphatic heterocycles. The Hall–Kier alpha value is -1.95. The van der Waals surface area contributed by atoms with Gasteiger partial charge in [0.05, 0.1) is 18.7 Å². The largest absolute Gasteiger partial charge is 0.416 e. The second-order valence-corrected chi connectivity index (χ2v) is 11.7. The third kappa shape index (κ3) is 4.37. The summed E-state index contributed by atoms with van der Waals surface area (Å²) in [5.41, 5.74) is 0.279. The minimum absolute atomic E-state index is 0.329. The molecule has 4 heterocycles. The van der Waals surface area contributed by atoms with E-state index in [1.54, 1.807) is 7.11 Å². The zero-order chi connectivity index (χ0) is 25.3. The number of aromatic nitrogens is 3. The van der Waals surface area contributed by atoms with E-state index < -0.39 is 17.6 Å². The third-order valence-corrected chi connectivity index (χ3v) is 8.62. The lowest BCUT2D eigenvalue weighted by atomic mass is 9.61. The van der Waals surface area contributed by atoms with Gasteiger partial charge in [-0.25, -0.2) is 4.39 Å². The predicted octanol–water partition coefficient (Wildman–Crippen LogP) is 3.55. The minimum atomic E-state index is -4.49. The van der Waals surface area contributed by atoms with Crippen molar-refractivity contribution in [3.63, 3.8) is 0 Å². The van der Waals surface area contributed by atoms with E-state index in [1.807, 2.05) is 0 Å². The summed E-state index contributed by atoms with van der Waals surface area (Å²) in [6.45, 7) is 6.35. The van der Waals surface area contributed by atoms with Crippen LogP contribution in [-0.2, 0) is 24.6 Å². The highest BCUT2D eigenvalue weighted by Crippen LogP contribution is 2.54. The number of hydroxylamine groups is 2. The van der Waals surface area contributed by atoms with Crippen LogP contribution in [0.2, 0.25) is 0 Å². The van der Waals surface area contributed by atoms with Gasteiger partial charge in [-0.3, -0.25) is 9.58 Å². The van der Waals surface area contributed by atoms with Gasteiger partial charge in [-0.2, -0.15) is 23.0 Å². The lowest BCUT2D eigenvalue weighted by molar-refractivity contribution is -0.261. The second kappa shape index (κ2) is 8.54. The third-order valence-electron chi connectivity index (χ3n) is 8.62. The lowest BCUT2D eigenvalue weighted by Gasteiger charge is -2.58. The lowest BCUT2D eigenvalue weighted by Crippen LogP contribution is -2.70. The van der Waals surface area contributed by atoms with Gasteiger partial charge in [0, 0.05) is 75.2 Å². The van der Waals surface area contributed by atoms with Crippen molar-refractivity contribution >= 4 is 0 Å². The van der Waals surface area contributed by atoms with Crippen LogP contribution in [0.1, 0.15) is 54.6 Å². The van der Waals surface area contributed by atoms with Gasteiger partial charge in [-0.15, -0.1) is 5.10 Å². The molecule has 7 nitrogen and oxygen atoms in total. The summed E-state index contributed by atoms with van der Waals surface area (Å²) in [6, 6.07) is 3.40. The molecule has 5 aliphatic rings. The van der Waals surface area contributed by atoms with E-state index in [0.29, 0.717) is 35.0 Å². The van der Waals surface area contributed by atoms with Crippen molar-refractivity contribution < 1.29 is 22.4 Å². The van der Waals surface area contributed by atoms with Gasteiger partial charge in [0.25, 0.3) is 0 Å². The maximum absolute atomic E-state index is 13.7. The number of benzene rings is 1. The molecule has 3 saturated heterocycles. The van der Waals surface area contributed by atoms with Crippen molar-refractivity contribution in [3.8, 4) is 0 Å². The van der Waals surface area contributed by atoms with Crippen LogP contribution in [0.15, 0.2) is 18.2 Å². The minimum Gasteiger partial charge on any atom is -0.315 e. The van der Waals surface area contributed by atoms with Crippen molar-refractivity contribution in [1.82, 2.24) is 29.9 Å². The first kappa shape index (κ1) is 24.4. The zero-order valence-corrected chi connectivity index (χ0v) is 20.8. The summed E-state index contributed by atoms with van der Waals surface area (Å²) < 4.78 is 53.2. The van der Waals surface area contributed by atoms with Crippen LogP contribution in [0.5, 0.6) is 0 Å². The van der Waals surface area contributed by atoms with E-state index in [1.165, 1.54) is 37.6 Å². The van der Waals surface area contributed by atoms with Gasteiger partial charge in [-0.05, 0) is 37.8 Å². The molecule has 36 heavy (non-hydrogen) atoms. The van der Waals surface area contributed by atoms with Crippen molar-refractivity contribution in [1.29, 1.82) is 0 Å². The van der Waals surface area contributed by atoms with Gasteiger partial charge in [0.15, 0.2) is 0 Å². The first-order valence-electron chi connectivity index (χ1n) is 12.8. The zero-order valence-electron chi connectivity index (χ0n) is 20.8. The summed E-state index contributed by atoms with van der Waals surface area (Å²) in [4.78, 5) is 9.48. The van der Waals surface area contributed by atoms with Crippen molar-refractivity contribution in [2.45, 2.75) is 50.4 Å². The van der Waals surface area contributed by atoms with E-state index in [4.69, 9.17) is 4.84 Å². The second-order valence-electron chi connectivity index (χ2n) is 11.7. The van der Waals surface area contributed by atoms with Gasteiger partial charge in [-0.1, -0.05) is 6.07 Å². The fraction of sp³-hybridized carbons (Fsp3) is 0.720. The number of hydrogen-bond donors (Lipinski definition) is 1. The molecule has 2 aliphatic carbocycles. The first-order valence-corrected chi connectivity index (χ1v) is 12.8. The number of rotatable bonds is 5. The normalized spacial score (nSPS) is 25.1. The highest BCUT2D eigenvalue weighted by Gasteiger charge is 2.54. The quantitative estimate of drug-likeness (QED) is 0.624. The smallest absolute Gasteiger partial charge is 0.315 e. The topological polar surface area (TPSA) is 50.5 Å². The Morgan fingerprint density at radius 1 is 1.08 bits per heavy atom.